The lowest BCUT2D eigenvalue weighted by molar-refractivity contribution is -0.384. The van der Waals surface area contributed by atoms with Gasteiger partial charge in [0.1, 0.15) is 6.04 Å². The van der Waals surface area contributed by atoms with Crippen molar-refractivity contribution in [3.8, 4) is 0 Å². The Labute approximate surface area is 174 Å². The Balaban J connectivity index is 1.41. The Hall–Kier alpha value is -2.72. The average molecular weight is 417 g/mol. The van der Waals surface area contributed by atoms with Crippen molar-refractivity contribution < 1.29 is 19.7 Å². The first-order valence-electron chi connectivity index (χ1n) is 10.3. The smallest absolute Gasteiger partial charge is 0.269 e. The maximum Gasteiger partial charge on any atom is 0.269 e. The fraction of sp³-hybridized carbons (Fsp3) is 0.600. The Kier molecular flexibility index (Phi) is 5.37. The van der Waals surface area contributed by atoms with Crippen LogP contribution < -0.4 is 10.4 Å². The molecule has 2 atom stereocenters. The zero-order chi connectivity index (χ0) is 21.5. The number of hydrogen-bond acceptors (Lipinski definition) is 7. The standard InChI is InChI=1S/C20H27N5O5/c1-22-13-20(6-7-20)12-16(18(26)21-28)17(22)19(27)24-10-8-23(9-11-24)14-2-4-15(5-3-14)25(29)30/h2-5,16-17,28H,6-13H2,1H3,(H,21,26). The first-order chi connectivity index (χ1) is 14.3. The number of carbonyl (C=O) groups is 2. The molecule has 0 aromatic heterocycles. The van der Waals surface area contributed by atoms with Gasteiger partial charge < -0.3 is 9.80 Å². The van der Waals surface area contributed by atoms with Crippen LogP contribution in [0.25, 0.3) is 0 Å². The molecule has 10 heteroatoms. The number of benzene rings is 1. The van der Waals surface area contributed by atoms with Gasteiger partial charge in [0.2, 0.25) is 11.8 Å². The fourth-order valence-corrected chi connectivity index (χ4v) is 4.95. The molecule has 3 aliphatic rings. The lowest BCUT2D eigenvalue weighted by Gasteiger charge is -2.45. The van der Waals surface area contributed by atoms with Gasteiger partial charge in [0.15, 0.2) is 0 Å². The molecule has 2 aliphatic heterocycles. The minimum absolute atomic E-state index is 0.0505. The monoisotopic (exact) mass is 417 g/mol. The summed E-state index contributed by atoms with van der Waals surface area (Å²) < 4.78 is 0. The van der Waals surface area contributed by atoms with Crippen molar-refractivity contribution in [3.63, 3.8) is 0 Å². The number of piperazine rings is 1. The molecule has 1 spiro atoms. The van der Waals surface area contributed by atoms with E-state index in [2.05, 4.69) is 4.90 Å². The van der Waals surface area contributed by atoms with Crippen molar-refractivity contribution in [2.24, 2.45) is 11.3 Å². The number of rotatable bonds is 4. The number of amides is 2. The van der Waals surface area contributed by atoms with Crippen LogP contribution >= 0.6 is 0 Å². The first kappa shape index (κ1) is 20.5. The Morgan fingerprint density at radius 2 is 1.80 bits per heavy atom. The molecule has 2 saturated heterocycles. The normalized spacial score (nSPS) is 25.8. The number of likely N-dealkylation sites (tertiary alicyclic amines) is 1. The van der Waals surface area contributed by atoms with E-state index in [0.29, 0.717) is 32.6 Å². The van der Waals surface area contributed by atoms with Crippen LogP contribution in [-0.4, -0.2) is 77.6 Å². The maximum absolute atomic E-state index is 13.3. The van der Waals surface area contributed by atoms with Crippen LogP contribution in [0.5, 0.6) is 0 Å². The van der Waals surface area contributed by atoms with Crippen LogP contribution in [0.4, 0.5) is 11.4 Å². The molecule has 2 N–H and O–H groups in total. The van der Waals surface area contributed by atoms with Gasteiger partial charge in [0.25, 0.3) is 5.69 Å². The number of piperidine rings is 1. The van der Waals surface area contributed by atoms with E-state index in [1.807, 2.05) is 11.9 Å². The molecule has 1 aliphatic carbocycles. The Morgan fingerprint density at radius 1 is 1.17 bits per heavy atom. The van der Waals surface area contributed by atoms with Gasteiger partial charge in [-0.1, -0.05) is 0 Å². The van der Waals surface area contributed by atoms with Gasteiger partial charge in [-0.3, -0.25) is 29.8 Å². The molecule has 2 unspecified atom stereocenters. The number of nitro benzene ring substituents is 1. The molecular formula is C20H27N5O5. The van der Waals surface area contributed by atoms with Gasteiger partial charge in [-0.05, 0) is 43.9 Å². The molecule has 2 amide bonds. The number of carbonyl (C=O) groups excluding carboxylic acids is 2. The Morgan fingerprint density at radius 3 is 2.33 bits per heavy atom. The summed E-state index contributed by atoms with van der Waals surface area (Å²) in [7, 11) is 1.88. The highest BCUT2D eigenvalue weighted by molar-refractivity contribution is 5.90. The predicted molar refractivity (Wildman–Crippen MR) is 108 cm³/mol. The predicted octanol–water partition coefficient (Wildman–Crippen LogP) is 0.849. The van der Waals surface area contributed by atoms with Crippen molar-refractivity contribution in [1.82, 2.24) is 15.3 Å². The summed E-state index contributed by atoms with van der Waals surface area (Å²) in [5, 5.41) is 20.0. The second-order valence-corrected chi connectivity index (χ2v) is 8.73. The quantitative estimate of drug-likeness (QED) is 0.423. The number of hydrogen-bond donors (Lipinski definition) is 2. The number of nitrogens with zero attached hydrogens (tertiary/aromatic N) is 4. The highest BCUT2D eigenvalue weighted by Crippen LogP contribution is 2.54. The SMILES string of the molecule is CN1CC2(CC2)CC(C(=O)NO)C1C(=O)N1CCN(c2ccc([N+](=O)[O-])cc2)CC1. The molecule has 4 rings (SSSR count). The lowest BCUT2D eigenvalue weighted by Crippen LogP contribution is -2.61. The third-order valence-corrected chi connectivity index (χ3v) is 6.77. The molecule has 10 nitrogen and oxygen atoms in total. The summed E-state index contributed by atoms with van der Waals surface area (Å²) in [4.78, 5) is 41.9. The van der Waals surface area contributed by atoms with Crippen LogP contribution in [0.2, 0.25) is 0 Å². The zero-order valence-electron chi connectivity index (χ0n) is 17.0. The molecule has 1 aromatic carbocycles. The molecule has 1 aromatic rings. The zero-order valence-corrected chi connectivity index (χ0v) is 17.0. The summed E-state index contributed by atoms with van der Waals surface area (Å²) in [6, 6.07) is 5.84. The molecule has 162 valence electrons. The first-order valence-corrected chi connectivity index (χ1v) is 10.3. The van der Waals surface area contributed by atoms with Gasteiger partial charge in [-0.15, -0.1) is 0 Å². The van der Waals surface area contributed by atoms with E-state index >= 15 is 0 Å². The van der Waals surface area contributed by atoms with Crippen molar-refractivity contribution in [3.05, 3.63) is 34.4 Å². The minimum Gasteiger partial charge on any atom is -0.368 e. The van der Waals surface area contributed by atoms with E-state index in [4.69, 9.17) is 0 Å². The number of non-ortho nitro benzene ring substituents is 1. The third-order valence-electron chi connectivity index (χ3n) is 6.77. The van der Waals surface area contributed by atoms with Crippen molar-refractivity contribution >= 4 is 23.2 Å². The van der Waals surface area contributed by atoms with Crippen molar-refractivity contribution in [1.29, 1.82) is 0 Å². The van der Waals surface area contributed by atoms with Crippen LogP contribution in [-0.2, 0) is 9.59 Å². The second kappa shape index (κ2) is 7.84. The van der Waals surface area contributed by atoms with E-state index in [-0.39, 0.29) is 17.0 Å². The summed E-state index contributed by atoms with van der Waals surface area (Å²) in [5.41, 5.74) is 2.80. The summed E-state index contributed by atoms with van der Waals surface area (Å²) in [6.45, 7) is 3.04. The van der Waals surface area contributed by atoms with Crippen molar-refractivity contribution in [2.75, 3.05) is 44.7 Å². The fourth-order valence-electron chi connectivity index (χ4n) is 4.95. The van der Waals surface area contributed by atoms with Crippen molar-refractivity contribution in [2.45, 2.75) is 25.3 Å². The molecule has 3 fully saturated rings. The van der Waals surface area contributed by atoms with E-state index in [0.717, 1.165) is 25.1 Å². The topological polar surface area (TPSA) is 119 Å². The van der Waals surface area contributed by atoms with E-state index in [9.17, 15) is 24.9 Å². The van der Waals surface area contributed by atoms with Gasteiger partial charge in [0, 0.05) is 50.5 Å². The van der Waals surface area contributed by atoms with Gasteiger partial charge >= 0.3 is 0 Å². The molecule has 2 heterocycles. The maximum atomic E-state index is 13.3. The van der Waals surface area contributed by atoms with Crippen LogP contribution in [0, 0.1) is 21.4 Å². The lowest BCUT2D eigenvalue weighted by atomic mass is 9.80. The van der Waals surface area contributed by atoms with Gasteiger partial charge in [-0.2, -0.15) is 0 Å². The highest BCUT2D eigenvalue weighted by Gasteiger charge is 2.55. The number of likely N-dealkylation sites (N-methyl/N-ethyl adjacent to an activating group) is 1. The van der Waals surface area contributed by atoms with E-state index < -0.39 is 22.8 Å². The second-order valence-electron chi connectivity index (χ2n) is 8.73. The summed E-state index contributed by atoms with van der Waals surface area (Å²) in [5.74, 6) is -1.13. The van der Waals surface area contributed by atoms with Crippen LogP contribution in [0.3, 0.4) is 0 Å². The largest absolute Gasteiger partial charge is 0.368 e. The molecule has 30 heavy (non-hydrogen) atoms. The van der Waals surface area contributed by atoms with Crippen LogP contribution in [0.15, 0.2) is 24.3 Å². The molecule has 1 saturated carbocycles. The van der Waals surface area contributed by atoms with E-state index in [1.165, 1.54) is 12.1 Å². The number of nitrogens with one attached hydrogen (secondary N) is 1. The average Bonchev–Trinajstić information content (AvgIpc) is 3.50. The number of nitro groups is 1. The van der Waals surface area contributed by atoms with Gasteiger partial charge in [0.05, 0.1) is 10.8 Å². The third kappa shape index (κ3) is 3.84. The Bertz CT molecular complexity index is 832. The van der Waals surface area contributed by atoms with E-state index in [1.54, 1.807) is 22.5 Å². The van der Waals surface area contributed by atoms with Crippen LogP contribution in [0.1, 0.15) is 19.3 Å². The summed E-state index contributed by atoms with van der Waals surface area (Å²) >= 11 is 0. The summed E-state index contributed by atoms with van der Waals surface area (Å²) in [6.07, 6.45) is 2.74. The molecule has 0 radical (unpaired) electrons. The minimum atomic E-state index is -0.575. The molecule has 0 bridgehead atoms. The van der Waals surface area contributed by atoms with Gasteiger partial charge in [-0.25, -0.2) is 5.48 Å². The number of hydroxylamine groups is 1. The highest BCUT2D eigenvalue weighted by atomic mass is 16.6. The number of anilines is 1. The molecular weight excluding hydrogens is 390 g/mol.